The zero-order valence-corrected chi connectivity index (χ0v) is 21.5. The predicted octanol–water partition coefficient (Wildman–Crippen LogP) is 5.64. The summed E-state index contributed by atoms with van der Waals surface area (Å²) in [5.74, 6) is -0.730. The van der Waals surface area contributed by atoms with Crippen molar-refractivity contribution in [1.82, 2.24) is 9.88 Å². The van der Waals surface area contributed by atoms with Gasteiger partial charge in [-0.1, -0.05) is 50.6 Å². The lowest BCUT2D eigenvalue weighted by molar-refractivity contribution is 0.0752. The Labute approximate surface area is 211 Å². The van der Waals surface area contributed by atoms with Crippen LogP contribution >= 0.6 is 0 Å². The first-order valence-electron chi connectivity index (χ1n) is 12.5. The van der Waals surface area contributed by atoms with Crippen LogP contribution in [0.1, 0.15) is 60.3 Å². The number of hydrogen-bond acceptors (Lipinski definition) is 4. The summed E-state index contributed by atoms with van der Waals surface area (Å²) in [4.78, 5) is 31.2. The molecule has 3 rings (SSSR count). The maximum atomic E-state index is 14.2. The van der Waals surface area contributed by atoms with Crippen LogP contribution in [0.25, 0.3) is 11.1 Å². The highest BCUT2D eigenvalue weighted by atomic mass is 19.1. The number of nitrogens with zero attached hydrogens (tertiary/aromatic N) is 1. The minimum atomic E-state index is -0.633. The molecular formula is C29H35FN2O4. The van der Waals surface area contributed by atoms with Gasteiger partial charge in [-0.2, -0.15) is 0 Å². The first-order valence-corrected chi connectivity index (χ1v) is 12.5. The summed E-state index contributed by atoms with van der Waals surface area (Å²) in [6.45, 7) is 6.44. The Morgan fingerprint density at radius 1 is 1.03 bits per heavy atom. The fourth-order valence-electron chi connectivity index (χ4n) is 4.48. The number of methoxy groups -OCH3 is 1. The zero-order valence-electron chi connectivity index (χ0n) is 21.5. The quantitative estimate of drug-likeness (QED) is 0.361. The van der Waals surface area contributed by atoms with Crippen LogP contribution in [0.2, 0.25) is 0 Å². The topological polar surface area (TPSA) is 82.6 Å². The molecule has 0 aliphatic carbocycles. The lowest BCUT2D eigenvalue weighted by Crippen LogP contribution is -2.37. The van der Waals surface area contributed by atoms with Crippen molar-refractivity contribution in [3.05, 3.63) is 81.0 Å². The monoisotopic (exact) mass is 494 g/mol. The van der Waals surface area contributed by atoms with E-state index in [-0.39, 0.29) is 23.7 Å². The van der Waals surface area contributed by atoms with Crippen LogP contribution in [0.3, 0.4) is 0 Å². The molecule has 7 heteroatoms. The minimum absolute atomic E-state index is 0.215. The number of carbonyl (C=O) groups excluding carboxylic acids is 1. The molecule has 1 aromatic heterocycles. The van der Waals surface area contributed by atoms with Crippen LogP contribution in [-0.4, -0.2) is 41.1 Å². The number of amides is 1. The van der Waals surface area contributed by atoms with Gasteiger partial charge in [-0.05, 0) is 55.9 Å². The molecule has 0 fully saturated rings. The number of H-pyrrole nitrogens is 1. The summed E-state index contributed by atoms with van der Waals surface area (Å²) in [7, 11) is 1.55. The van der Waals surface area contributed by atoms with Crippen molar-refractivity contribution < 1.29 is 19.0 Å². The molecule has 3 aromatic rings. The first kappa shape index (κ1) is 27.0. The van der Waals surface area contributed by atoms with Gasteiger partial charge >= 0.3 is 0 Å². The summed E-state index contributed by atoms with van der Waals surface area (Å²) in [6, 6.07) is 12.0. The molecule has 0 saturated carbocycles. The average Bonchev–Trinajstić information content (AvgIpc) is 2.86. The van der Waals surface area contributed by atoms with Crippen molar-refractivity contribution in [2.45, 2.75) is 52.9 Å². The van der Waals surface area contributed by atoms with Crippen molar-refractivity contribution in [3.8, 4) is 22.6 Å². The van der Waals surface area contributed by atoms with Gasteiger partial charge in [0.1, 0.15) is 22.9 Å². The molecule has 0 spiro atoms. The second-order valence-electron chi connectivity index (χ2n) is 8.92. The number of carbonyl (C=O) groups is 1. The molecule has 0 radical (unpaired) electrons. The highest BCUT2D eigenvalue weighted by Gasteiger charge is 2.28. The molecule has 1 amide bonds. The van der Waals surface area contributed by atoms with E-state index < -0.39 is 11.5 Å². The summed E-state index contributed by atoms with van der Waals surface area (Å²) in [6.07, 6.45) is 3.17. The number of hydrogen-bond donors (Lipinski definition) is 2. The van der Waals surface area contributed by atoms with Gasteiger partial charge in [0.15, 0.2) is 0 Å². The lowest BCUT2D eigenvalue weighted by atomic mass is 9.93. The number of benzene rings is 2. The van der Waals surface area contributed by atoms with Crippen molar-refractivity contribution in [3.63, 3.8) is 0 Å². The number of aromatic hydroxyl groups is 1. The van der Waals surface area contributed by atoms with E-state index in [0.29, 0.717) is 53.9 Å². The van der Waals surface area contributed by atoms with E-state index in [4.69, 9.17) is 4.74 Å². The van der Waals surface area contributed by atoms with Crippen LogP contribution in [-0.2, 0) is 12.8 Å². The normalized spacial score (nSPS) is 10.9. The Morgan fingerprint density at radius 3 is 2.44 bits per heavy atom. The largest absolute Gasteiger partial charge is 0.506 e. The van der Waals surface area contributed by atoms with Gasteiger partial charge in [0, 0.05) is 29.9 Å². The second-order valence-corrected chi connectivity index (χ2v) is 8.92. The predicted molar refractivity (Wildman–Crippen MR) is 140 cm³/mol. The van der Waals surface area contributed by atoms with Gasteiger partial charge < -0.3 is 19.7 Å². The zero-order chi connectivity index (χ0) is 26.2. The number of aromatic amines is 1. The van der Waals surface area contributed by atoms with E-state index in [9.17, 15) is 19.1 Å². The smallest absolute Gasteiger partial charge is 0.264 e. The van der Waals surface area contributed by atoms with Crippen LogP contribution in [0.15, 0.2) is 47.3 Å². The molecule has 0 bridgehead atoms. The Balaban J connectivity index is 2.12. The number of aryl methyl sites for hydroxylation is 2. The van der Waals surface area contributed by atoms with E-state index in [2.05, 4.69) is 4.98 Å². The van der Waals surface area contributed by atoms with E-state index in [1.165, 1.54) is 11.0 Å². The van der Waals surface area contributed by atoms with Gasteiger partial charge in [-0.15, -0.1) is 0 Å². The molecule has 1 heterocycles. The molecule has 0 aliphatic rings. The molecule has 0 atom stereocenters. The molecular weight excluding hydrogens is 459 g/mol. The number of ether oxygens (including phenoxy) is 1. The Bertz CT molecular complexity index is 1270. The third kappa shape index (κ3) is 5.78. The fraction of sp³-hybridized carbons (Fsp3) is 0.379. The number of halogens is 1. The Hall–Kier alpha value is -3.61. The number of rotatable bonds is 11. The SMILES string of the molecule is CCCCc1[nH]c(=O)c(C(=O)N(CCC)CCc2ccccc2F)c(O)c1-c1c(C)cccc1OC. The van der Waals surface area contributed by atoms with E-state index in [0.717, 1.165) is 18.4 Å². The van der Waals surface area contributed by atoms with Crippen molar-refractivity contribution in [2.75, 3.05) is 20.2 Å². The maximum Gasteiger partial charge on any atom is 0.264 e. The average molecular weight is 495 g/mol. The third-order valence-corrected chi connectivity index (χ3v) is 6.36. The molecule has 192 valence electrons. The summed E-state index contributed by atoms with van der Waals surface area (Å²) < 4.78 is 19.7. The van der Waals surface area contributed by atoms with Gasteiger partial charge in [0.25, 0.3) is 11.5 Å². The number of aromatic nitrogens is 1. The summed E-state index contributed by atoms with van der Waals surface area (Å²) >= 11 is 0. The maximum absolute atomic E-state index is 14.2. The van der Waals surface area contributed by atoms with Crippen LogP contribution in [0.4, 0.5) is 4.39 Å². The first-order chi connectivity index (χ1) is 17.3. The summed E-state index contributed by atoms with van der Waals surface area (Å²) in [5, 5.41) is 11.5. The third-order valence-electron chi connectivity index (χ3n) is 6.36. The lowest BCUT2D eigenvalue weighted by Gasteiger charge is -2.24. The fourth-order valence-corrected chi connectivity index (χ4v) is 4.48. The van der Waals surface area contributed by atoms with Crippen LogP contribution < -0.4 is 10.3 Å². The minimum Gasteiger partial charge on any atom is -0.506 e. The summed E-state index contributed by atoms with van der Waals surface area (Å²) in [5.41, 5.74) is 2.01. The number of pyridine rings is 1. The van der Waals surface area contributed by atoms with Crippen LogP contribution in [0, 0.1) is 12.7 Å². The van der Waals surface area contributed by atoms with Gasteiger partial charge in [0.05, 0.1) is 7.11 Å². The van der Waals surface area contributed by atoms with E-state index >= 15 is 0 Å². The van der Waals surface area contributed by atoms with Crippen molar-refractivity contribution >= 4 is 5.91 Å². The van der Waals surface area contributed by atoms with Gasteiger partial charge in [-0.25, -0.2) is 4.39 Å². The molecule has 6 nitrogen and oxygen atoms in total. The standard InChI is InChI=1S/C29H35FN2O4/c1-5-7-14-22-25(24-19(3)11-10-15-23(24)36-4)27(33)26(28(34)31-22)29(35)32(17-6-2)18-16-20-12-8-9-13-21(20)30/h8-13,15H,5-7,14,16-18H2,1-4H3,(H2,31,33,34). The van der Waals surface area contributed by atoms with Crippen molar-refractivity contribution in [1.29, 1.82) is 0 Å². The number of nitrogens with one attached hydrogen (secondary N) is 1. The molecule has 0 saturated heterocycles. The highest BCUT2D eigenvalue weighted by Crippen LogP contribution is 2.41. The van der Waals surface area contributed by atoms with Gasteiger partial charge in [-0.3, -0.25) is 9.59 Å². The molecule has 0 unspecified atom stereocenters. The highest BCUT2D eigenvalue weighted by molar-refractivity contribution is 5.99. The van der Waals surface area contributed by atoms with E-state index in [1.54, 1.807) is 31.4 Å². The molecule has 2 aromatic carbocycles. The second kappa shape index (κ2) is 12.4. The number of unbranched alkanes of at least 4 members (excludes halogenated alkanes) is 1. The molecule has 2 N–H and O–H groups in total. The molecule has 36 heavy (non-hydrogen) atoms. The van der Waals surface area contributed by atoms with E-state index in [1.807, 2.05) is 32.9 Å². The Morgan fingerprint density at radius 2 is 1.78 bits per heavy atom. The van der Waals surface area contributed by atoms with Gasteiger partial charge in [0.2, 0.25) is 0 Å². The van der Waals surface area contributed by atoms with Crippen LogP contribution in [0.5, 0.6) is 11.5 Å². The van der Waals surface area contributed by atoms with Crippen molar-refractivity contribution in [2.24, 2.45) is 0 Å². The Kier molecular flexibility index (Phi) is 9.28. The molecule has 0 aliphatic heterocycles.